The van der Waals surface area contributed by atoms with Crippen LogP contribution in [0.4, 0.5) is 0 Å². The van der Waals surface area contributed by atoms with Crippen LogP contribution in [0.15, 0.2) is 18.2 Å². The lowest BCUT2D eigenvalue weighted by molar-refractivity contribution is 0.189. The van der Waals surface area contributed by atoms with Crippen LogP contribution in [0.25, 0.3) is 0 Å². The van der Waals surface area contributed by atoms with Crippen LogP contribution in [-0.4, -0.2) is 26.8 Å². The van der Waals surface area contributed by atoms with Crippen molar-refractivity contribution in [3.8, 4) is 0 Å². The predicted molar refractivity (Wildman–Crippen MR) is 73.6 cm³/mol. The van der Waals surface area contributed by atoms with Crippen molar-refractivity contribution < 1.29 is 4.74 Å². The molecule has 1 unspecified atom stereocenters. The molecule has 0 fully saturated rings. The summed E-state index contributed by atoms with van der Waals surface area (Å²) in [7, 11) is 3.81. The van der Waals surface area contributed by atoms with Gasteiger partial charge in [-0.2, -0.15) is 0 Å². The normalized spacial score (nSPS) is 12.7. The fourth-order valence-corrected chi connectivity index (χ4v) is 2.11. The summed E-state index contributed by atoms with van der Waals surface area (Å²) in [6, 6.07) is 7.24. The van der Waals surface area contributed by atoms with Gasteiger partial charge in [-0.15, -0.1) is 0 Å². The second-order valence-corrected chi connectivity index (χ2v) is 4.75. The highest BCUT2D eigenvalue weighted by Crippen LogP contribution is 2.14. The quantitative estimate of drug-likeness (QED) is 0.734. The summed E-state index contributed by atoms with van der Waals surface area (Å²) in [6.45, 7) is 5.20. The minimum atomic E-state index is 0.547. The van der Waals surface area contributed by atoms with Crippen LogP contribution in [0.5, 0.6) is 0 Å². The van der Waals surface area contributed by atoms with Crippen molar-refractivity contribution >= 4 is 0 Å². The highest BCUT2D eigenvalue weighted by atomic mass is 16.5. The van der Waals surface area contributed by atoms with Crippen molar-refractivity contribution in [2.75, 3.05) is 20.8 Å². The zero-order valence-electron chi connectivity index (χ0n) is 11.5. The van der Waals surface area contributed by atoms with Gasteiger partial charge in [-0.3, -0.25) is 0 Å². The third-order valence-electron chi connectivity index (χ3n) is 3.28. The van der Waals surface area contributed by atoms with Gasteiger partial charge in [-0.05, 0) is 51.3 Å². The topological polar surface area (TPSA) is 21.3 Å². The lowest BCUT2D eigenvalue weighted by atomic mass is 9.97. The zero-order valence-corrected chi connectivity index (χ0v) is 11.5. The summed E-state index contributed by atoms with van der Waals surface area (Å²) >= 11 is 0. The van der Waals surface area contributed by atoms with Crippen LogP contribution < -0.4 is 5.32 Å². The average molecular weight is 235 g/mol. The Kier molecular flexibility index (Phi) is 6.23. The number of aryl methyl sites for hydroxylation is 2. The summed E-state index contributed by atoms with van der Waals surface area (Å²) in [5, 5.41) is 3.40. The Morgan fingerprint density at radius 3 is 2.71 bits per heavy atom. The molecule has 0 aliphatic carbocycles. The monoisotopic (exact) mass is 235 g/mol. The van der Waals surface area contributed by atoms with Gasteiger partial charge in [0.1, 0.15) is 0 Å². The van der Waals surface area contributed by atoms with Gasteiger partial charge in [0.05, 0.1) is 0 Å². The number of hydrogen-bond acceptors (Lipinski definition) is 2. The fourth-order valence-electron chi connectivity index (χ4n) is 2.11. The molecule has 0 bridgehead atoms. The summed E-state index contributed by atoms with van der Waals surface area (Å²) in [5.41, 5.74) is 4.20. The number of ether oxygens (including phenoxy) is 1. The van der Waals surface area contributed by atoms with Crippen molar-refractivity contribution in [1.29, 1.82) is 0 Å². The highest BCUT2D eigenvalue weighted by Gasteiger charge is 2.08. The maximum absolute atomic E-state index is 5.10. The predicted octanol–water partition coefficient (Wildman–Crippen LogP) is 2.86. The second-order valence-electron chi connectivity index (χ2n) is 4.75. The molecule has 0 aliphatic heterocycles. The molecule has 1 rings (SSSR count). The van der Waals surface area contributed by atoms with Crippen molar-refractivity contribution in [1.82, 2.24) is 5.32 Å². The van der Waals surface area contributed by atoms with Crippen LogP contribution in [0.3, 0.4) is 0 Å². The Bertz CT molecular complexity index is 336. The van der Waals surface area contributed by atoms with E-state index in [9.17, 15) is 0 Å². The van der Waals surface area contributed by atoms with E-state index in [1.54, 1.807) is 7.11 Å². The molecular weight excluding hydrogens is 210 g/mol. The molecule has 0 spiro atoms. The van der Waals surface area contributed by atoms with Crippen LogP contribution >= 0.6 is 0 Å². The first-order chi connectivity index (χ1) is 8.17. The third kappa shape index (κ3) is 4.88. The van der Waals surface area contributed by atoms with Crippen molar-refractivity contribution in [3.05, 3.63) is 34.9 Å². The van der Waals surface area contributed by atoms with Gasteiger partial charge in [-0.1, -0.05) is 23.8 Å². The van der Waals surface area contributed by atoms with Gasteiger partial charge in [-0.25, -0.2) is 0 Å². The number of methoxy groups -OCH3 is 1. The molecule has 2 nitrogen and oxygen atoms in total. The Balaban J connectivity index is 2.57. The number of nitrogens with one attached hydrogen (secondary N) is 1. The van der Waals surface area contributed by atoms with Gasteiger partial charge in [0.2, 0.25) is 0 Å². The molecule has 1 aromatic rings. The largest absolute Gasteiger partial charge is 0.385 e. The Morgan fingerprint density at radius 1 is 1.29 bits per heavy atom. The molecule has 0 aliphatic rings. The van der Waals surface area contributed by atoms with Crippen molar-refractivity contribution in [2.45, 2.75) is 39.2 Å². The molecule has 2 heteroatoms. The molecule has 1 aromatic carbocycles. The Labute approximate surface area is 105 Å². The maximum Gasteiger partial charge on any atom is 0.0462 e. The summed E-state index contributed by atoms with van der Waals surface area (Å²) < 4.78 is 5.10. The van der Waals surface area contributed by atoms with Gasteiger partial charge >= 0.3 is 0 Å². The third-order valence-corrected chi connectivity index (χ3v) is 3.28. The first-order valence-corrected chi connectivity index (χ1v) is 6.39. The van der Waals surface area contributed by atoms with E-state index < -0.39 is 0 Å². The van der Waals surface area contributed by atoms with Gasteiger partial charge < -0.3 is 10.1 Å². The minimum absolute atomic E-state index is 0.547. The van der Waals surface area contributed by atoms with Crippen LogP contribution in [0.2, 0.25) is 0 Å². The molecule has 96 valence electrons. The molecule has 0 radical (unpaired) electrons. The molecule has 0 amide bonds. The molecule has 1 atom stereocenters. The first-order valence-electron chi connectivity index (χ1n) is 6.39. The number of rotatable bonds is 7. The lowest BCUT2D eigenvalue weighted by Gasteiger charge is -2.17. The Morgan fingerprint density at radius 2 is 2.06 bits per heavy atom. The van der Waals surface area contributed by atoms with Gasteiger partial charge in [0.25, 0.3) is 0 Å². The second kappa shape index (κ2) is 7.46. The maximum atomic E-state index is 5.10. The number of benzene rings is 1. The molecular formula is C15H25NO. The van der Waals surface area contributed by atoms with E-state index in [1.165, 1.54) is 16.7 Å². The van der Waals surface area contributed by atoms with Crippen LogP contribution in [-0.2, 0) is 11.2 Å². The number of likely N-dealkylation sites (N-methyl/N-ethyl adjacent to an activating group) is 1. The smallest absolute Gasteiger partial charge is 0.0462 e. The summed E-state index contributed by atoms with van der Waals surface area (Å²) in [6.07, 6.45) is 3.39. The summed E-state index contributed by atoms with van der Waals surface area (Å²) in [4.78, 5) is 0. The number of hydrogen-bond donors (Lipinski definition) is 1. The van der Waals surface area contributed by atoms with Gasteiger partial charge in [0, 0.05) is 19.8 Å². The fraction of sp³-hybridized carbons (Fsp3) is 0.600. The molecule has 0 saturated heterocycles. The molecule has 17 heavy (non-hydrogen) atoms. The molecule has 0 aromatic heterocycles. The van der Waals surface area contributed by atoms with E-state index in [0.717, 1.165) is 25.9 Å². The van der Waals surface area contributed by atoms with E-state index in [1.807, 2.05) is 7.05 Å². The molecule has 0 saturated carbocycles. The molecule has 1 N–H and O–H groups in total. The van der Waals surface area contributed by atoms with E-state index in [-0.39, 0.29) is 0 Å². The standard InChI is InChI=1S/C15H25NO/c1-12-7-8-13(2)14(10-12)11-15(16-3)6-5-9-17-4/h7-8,10,15-16H,5-6,9,11H2,1-4H3. The van der Waals surface area contributed by atoms with Gasteiger partial charge in [0.15, 0.2) is 0 Å². The average Bonchev–Trinajstić information content (AvgIpc) is 2.32. The van der Waals surface area contributed by atoms with E-state index in [4.69, 9.17) is 4.74 Å². The highest BCUT2D eigenvalue weighted by molar-refractivity contribution is 5.31. The van der Waals surface area contributed by atoms with Crippen molar-refractivity contribution in [2.24, 2.45) is 0 Å². The zero-order chi connectivity index (χ0) is 12.7. The Hall–Kier alpha value is -0.860. The van der Waals surface area contributed by atoms with E-state index in [0.29, 0.717) is 6.04 Å². The summed E-state index contributed by atoms with van der Waals surface area (Å²) in [5.74, 6) is 0. The van der Waals surface area contributed by atoms with E-state index >= 15 is 0 Å². The lowest BCUT2D eigenvalue weighted by Crippen LogP contribution is -2.28. The van der Waals surface area contributed by atoms with Crippen molar-refractivity contribution in [3.63, 3.8) is 0 Å². The first kappa shape index (κ1) is 14.2. The van der Waals surface area contributed by atoms with Crippen LogP contribution in [0.1, 0.15) is 29.5 Å². The van der Waals surface area contributed by atoms with E-state index in [2.05, 4.69) is 37.4 Å². The van der Waals surface area contributed by atoms with Crippen LogP contribution in [0, 0.1) is 13.8 Å². The molecule has 0 heterocycles. The SMILES string of the molecule is CNC(CCCOC)Cc1cc(C)ccc1C. The minimum Gasteiger partial charge on any atom is -0.385 e.